The van der Waals surface area contributed by atoms with Crippen LogP contribution >= 0.6 is 11.8 Å². The van der Waals surface area contributed by atoms with Gasteiger partial charge in [-0.1, -0.05) is 30.8 Å². The Morgan fingerprint density at radius 2 is 2.36 bits per heavy atom. The van der Waals surface area contributed by atoms with Crippen LogP contribution in [0.3, 0.4) is 0 Å². The third-order valence-corrected chi connectivity index (χ3v) is 3.08. The first-order valence-electron chi connectivity index (χ1n) is 4.79. The minimum Gasteiger partial charge on any atom is -0.335 e. The maximum absolute atomic E-state index is 4.41. The number of hydrogen-bond acceptors (Lipinski definition) is 3. The largest absolute Gasteiger partial charge is 0.335 e. The van der Waals surface area contributed by atoms with Crippen LogP contribution in [0.1, 0.15) is 12.5 Å². The van der Waals surface area contributed by atoms with Crippen molar-refractivity contribution in [1.29, 1.82) is 0 Å². The quantitative estimate of drug-likeness (QED) is 0.764. The van der Waals surface area contributed by atoms with Crippen LogP contribution in [-0.4, -0.2) is 17.0 Å². The van der Waals surface area contributed by atoms with Crippen LogP contribution in [0.25, 0.3) is 0 Å². The van der Waals surface area contributed by atoms with Crippen molar-refractivity contribution in [3.05, 3.63) is 29.8 Å². The summed E-state index contributed by atoms with van der Waals surface area (Å²) >= 11 is 1.81. The number of rotatable bonds is 1. The van der Waals surface area contributed by atoms with E-state index in [4.69, 9.17) is 0 Å². The van der Waals surface area contributed by atoms with Crippen molar-refractivity contribution < 1.29 is 0 Å². The molecule has 1 aromatic rings. The Bertz CT molecular complexity index is 360. The molecule has 0 aliphatic carbocycles. The second-order valence-electron chi connectivity index (χ2n) is 3.57. The molecule has 0 spiro atoms. The highest BCUT2D eigenvalue weighted by molar-refractivity contribution is 8.15. The van der Waals surface area contributed by atoms with Gasteiger partial charge in [0.15, 0.2) is 5.17 Å². The summed E-state index contributed by atoms with van der Waals surface area (Å²) in [6.07, 6.45) is 0. The number of aliphatic imine (C=N–C) groups is 1. The average Bonchev–Trinajstić information content (AvgIpc) is 2.51. The molecule has 0 aromatic heterocycles. The van der Waals surface area contributed by atoms with Gasteiger partial charge in [-0.3, -0.25) is 4.99 Å². The molecule has 1 aliphatic rings. The molecule has 1 unspecified atom stereocenters. The van der Waals surface area contributed by atoms with E-state index in [2.05, 4.69) is 48.4 Å². The average molecular weight is 206 g/mol. The van der Waals surface area contributed by atoms with Crippen molar-refractivity contribution in [2.45, 2.75) is 19.1 Å². The topological polar surface area (TPSA) is 24.4 Å². The van der Waals surface area contributed by atoms with Gasteiger partial charge in [-0.05, 0) is 24.6 Å². The zero-order valence-electron chi connectivity index (χ0n) is 8.45. The molecule has 3 heteroatoms. The maximum atomic E-state index is 4.41. The van der Waals surface area contributed by atoms with Gasteiger partial charge in [0.05, 0.1) is 6.54 Å². The minimum atomic E-state index is 0.613. The Morgan fingerprint density at radius 1 is 1.50 bits per heavy atom. The molecule has 0 bridgehead atoms. The number of hydrogen-bond donors (Lipinski definition) is 1. The second kappa shape index (κ2) is 4.05. The van der Waals surface area contributed by atoms with E-state index in [0.29, 0.717) is 5.25 Å². The van der Waals surface area contributed by atoms with Crippen LogP contribution in [0.4, 0.5) is 5.69 Å². The zero-order chi connectivity index (χ0) is 9.97. The van der Waals surface area contributed by atoms with Crippen molar-refractivity contribution in [2.75, 3.05) is 11.9 Å². The van der Waals surface area contributed by atoms with Crippen LogP contribution in [0.2, 0.25) is 0 Å². The first-order chi connectivity index (χ1) is 6.74. The molecular formula is C11H14N2S. The van der Waals surface area contributed by atoms with Gasteiger partial charge in [-0.15, -0.1) is 0 Å². The molecule has 1 N–H and O–H groups in total. The Labute approximate surface area is 88.8 Å². The van der Waals surface area contributed by atoms with E-state index in [9.17, 15) is 0 Å². The third kappa shape index (κ3) is 2.29. The van der Waals surface area contributed by atoms with E-state index in [0.717, 1.165) is 17.4 Å². The van der Waals surface area contributed by atoms with Crippen molar-refractivity contribution in [3.63, 3.8) is 0 Å². The number of anilines is 1. The van der Waals surface area contributed by atoms with Crippen LogP contribution < -0.4 is 5.32 Å². The lowest BCUT2D eigenvalue weighted by Gasteiger charge is -2.06. The molecule has 1 heterocycles. The van der Waals surface area contributed by atoms with Crippen molar-refractivity contribution in [2.24, 2.45) is 4.99 Å². The van der Waals surface area contributed by atoms with Crippen LogP contribution in [0, 0.1) is 6.92 Å². The fourth-order valence-electron chi connectivity index (χ4n) is 1.39. The highest BCUT2D eigenvalue weighted by atomic mass is 32.2. The molecule has 74 valence electrons. The number of nitrogens with one attached hydrogen (secondary N) is 1. The lowest BCUT2D eigenvalue weighted by Crippen LogP contribution is -2.05. The first kappa shape index (κ1) is 9.59. The Hall–Kier alpha value is -0.960. The van der Waals surface area contributed by atoms with Crippen LogP contribution in [0.15, 0.2) is 29.3 Å². The normalized spacial score (nSPS) is 20.7. The van der Waals surface area contributed by atoms with Crippen molar-refractivity contribution in [1.82, 2.24) is 0 Å². The van der Waals surface area contributed by atoms with Crippen LogP contribution in [-0.2, 0) is 0 Å². The minimum absolute atomic E-state index is 0.613. The van der Waals surface area contributed by atoms with E-state index < -0.39 is 0 Å². The molecule has 1 atom stereocenters. The van der Waals surface area contributed by atoms with E-state index in [1.54, 1.807) is 11.8 Å². The molecule has 0 radical (unpaired) electrons. The predicted octanol–water partition coefficient (Wildman–Crippen LogP) is 2.90. The van der Waals surface area contributed by atoms with Gasteiger partial charge in [0.1, 0.15) is 0 Å². The highest BCUT2D eigenvalue weighted by Gasteiger charge is 2.14. The molecule has 1 aliphatic heterocycles. The summed E-state index contributed by atoms with van der Waals surface area (Å²) < 4.78 is 0. The summed E-state index contributed by atoms with van der Waals surface area (Å²) in [4.78, 5) is 4.41. The Morgan fingerprint density at radius 3 is 3.00 bits per heavy atom. The van der Waals surface area contributed by atoms with Gasteiger partial charge in [0.25, 0.3) is 0 Å². The fourth-order valence-corrected chi connectivity index (χ4v) is 2.25. The van der Waals surface area contributed by atoms with E-state index in [1.807, 2.05) is 0 Å². The second-order valence-corrected chi connectivity index (χ2v) is 5.00. The Balaban J connectivity index is 2.04. The molecule has 2 rings (SSSR count). The monoisotopic (exact) mass is 206 g/mol. The lowest BCUT2D eigenvalue weighted by atomic mass is 10.2. The van der Waals surface area contributed by atoms with Crippen LogP contribution in [0.5, 0.6) is 0 Å². The number of thioether (sulfide) groups is 1. The number of nitrogens with zero attached hydrogens (tertiary/aromatic N) is 1. The number of benzene rings is 1. The van der Waals surface area contributed by atoms with Crippen molar-refractivity contribution in [3.8, 4) is 0 Å². The molecule has 2 nitrogen and oxygen atoms in total. The van der Waals surface area contributed by atoms with Crippen molar-refractivity contribution >= 4 is 22.6 Å². The molecule has 0 saturated heterocycles. The van der Waals surface area contributed by atoms with E-state index >= 15 is 0 Å². The summed E-state index contributed by atoms with van der Waals surface area (Å²) in [5.41, 5.74) is 2.40. The lowest BCUT2D eigenvalue weighted by molar-refractivity contribution is 0.976. The van der Waals surface area contributed by atoms with Gasteiger partial charge >= 0.3 is 0 Å². The summed E-state index contributed by atoms with van der Waals surface area (Å²) in [5, 5.41) is 4.98. The summed E-state index contributed by atoms with van der Waals surface area (Å²) in [7, 11) is 0. The molecule has 0 fully saturated rings. The predicted molar refractivity (Wildman–Crippen MR) is 64.2 cm³/mol. The maximum Gasteiger partial charge on any atom is 0.161 e. The molecule has 0 amide bonds. The van der Waals surface area contributed by atoms with E-state index in [1.165, 1.54) is 5.56 Å². The first-order valence-corrected chi connectivity index (χ1v) is 5.67. The van der Waals surface area contributed by atoms with E-state index in [-0.39, 0.29) is 0 Å². The van der Waals surface area contributed by atoms with Gasteiger partial charge < -0.3 is 5.32 Å². The summed E-state index contributed by atoms with van der Waals surface area (Å²) in [5.74, 6) is 0. The SMILES string of the molecule is Cc1cccc(NC2=NCC(C)S2)c1. The van der Waals surface area contributed by atoms with Gasteiger partial charge in [-0.25, -0.2) is 0 Å². The highest BCUT2D eigenvalue weighted by Crippen LogP contribution is 2.22. The fraction of sp³-hybridized carbons (Fsp3) is 0.364. The molecular weight excluding hydrogens is 192 g/mol. The molecule has 14 heavy (non-hydrogen) atoms. The smallest absolute Gasteiger partial charge is 0.161 e. The van der Waals surface area contributed by atoms with Gasteiger partial charge in [-0.2, -0.15) is 0 Å². The number of aryl methyl sites for hydroxylation is 1. The third-order valence-electron chi connectivity index (χ3n) is 2.07. The summed E-state index contributed by atoms with van der Waals surface area (Å²) in [6, 6.07) is 8.35. The van der Waals surface area contributed by atoms with Gasteiger partial charge in [0.2, 0.25) is 0 Å². The number of amidine groups is 1. The molecule has 0 saturated carbocycles. The van der Waals surface area contributed by atoms with Gasteiger partial charge in [0, 0.05) is 10.9 Å². The standard InChI is InChI=1S/C11H14N2S/c1-8-4-3-5-10(6-8)13-11-12-7-9(2)14-11/h3-6,9H,7H2,1-2H3,(H,12,13). The summed E-state index contributed by atoms with van der Waals surface area (Å²) in [6.45, 7) is 5.22. The molecule has 1 aromatic carbocycles. The Kier molecular flexibility index (Phi) is 2.77. The zero-order valence-corrected chi connectivity index (χ0v) is 9.27.